The number of anilines is 1. The molecule has 0 aliphatic carbocycles. The van der Waals surface area contributed by atoms with Gasteiger partial charge in [-0.2, -0.15) is 0 Å². The van der Waals surface area contributed by atoms with E-state index >= 15 is 0 Å². The van der Waals surface area contributed by atoms with Crippen LogP contribution in [0.15, 0.2) is 18.2 Å². The quantitative estimate of drug-likeness (QED) is 0.570. The van der Waals surface area contributed by atoms with Crippen LogP contribution in [0.25, 0.3) is 0 Å². The Labute approximate surface area is 132 Å². The van der Waals surface area contributed by atoms with Gasteiger partial charge < -0.3 is 20.6 Å². The van der Waals surface area contributed by atoms with Crippen molar-refractivity contribution in [2.24, 2.45) is 0 Å². The first-order chi connectivity index (χ1) is 10.9. The summed E-state index contributed by atoms with van der Waals surface area (Å²) in [7, 11) is 1.57. The molecule has 1 atom stereocenters. The van der Waals surface area contributed by atoms with Gasteiger partial charge in [-0.25, -0.2) is 4.79 Å². The van der Waals surface area contributed by atoms with Crippen LogP contribution in [0.4, 0.5) is 16.2 Å². The lowest BCUT2D eigenvalue weighted by molar-refractivity contribution is -0.384. The minimum atomic E-state index is -1.13. The van der Waals surface area contributed by atoms with Crippen LogP contribution in [0.3, 0.4) is 0 Å². The number of nitro groups is 1. The molecular formula is C14H18N4O5. The summed E-state index contributed by atoms with van der Waals surface area (Å²) in [5, 5.41) is 24.9. The number of benzene rings is 1. The number of hydrogen-bond acceptors (Lipinski definition) is 5. The second kappa shape index (κ2) is 6.95. The molecular weight excluding hydrogens is 304 g/mol. The van der Waals surface area contributed by atoms with Crippen molar-refractivity contribution in [3.05, 3.63) is 33.9 Å². The molecule has 0 radical (unpaired) electrons. The summed E-state index contributed by atoms with van der Waals surface area (Å²) in [4.78, 5) is 35.3. The Bertz CT molecular complexity index is 634. The molecule has 124 valence electrons. The summed E-state index contributed by atoms with van der Waals surface area (Å²) < 4.78 is 0. The number of nitro benzene ring substituents is 1. The number of hydrogen-bond donors (Lipinski definition) is 3. The zero-order chi connectivity index (χ0) is 17.0. The van der Waals surface area contributed by atoms with Crippen LogP contribution in [0, 0.1) is 10.1 Å². The van der Waals surface area contributed by atoms with Crippen LogP contribution in [-0.4, -0.2) is 53.1 Å². The maximum atomic E-state index is 12.5. The third kappa shape index (κ3) is 3.87. The number of piperidine rings is 1. The second-order valence-electron chi connectivity index (χ2n) is 5.28. The van der Waals surface area contributed by atoms with Gasteiger partial charge in [0.1, 0.15) is 5.69 Å². The first-order valence-corrected chi connectivity index (χ1v) is 7.17. The third-order valence-electron chi connectivity index (χ3n) is 3.75. The summed E-state index contributed by atoms with van der Waals surface area (Å²) in [6.07, 6.45) is 0.209. The number of carbonyl (C=O) groups excluding carboxylic acids is 1. The van der Waals surface area contributed by atoms with E-state index in [1.54, 1.807) is 7.05 Å². The van der Waals surface area contributed by atoms with E-state index in [1.165, 1.54) is 23.1 Å². The number of amides is 2. The largest absolute Gasteiger partial charge is 0.465 e. The molecule has 2 rings (SSSR count). The van der Waals surface area contributed by atoms with Gasteiger partial charge in [-0.1, -0.05) is 0 Å². The van der Waals surface area contributed by atoms with Crippen molar-refractivity contribution in [1.29, 1.82) is 0 Å². The SMILES string of the molecule is CNc1ccc(C(=O)N2CCC[C@@H](NC(=O)O)C2)cc1[N+](=O)[O-]. The molecule has 1 saturated heterocycles. The molecule has 2 amide bonds. The highest BCUT2D eigenvalue weighted by atomic mass is 16.6. The number of carboxylic acid groups (broad SMARTS) is 1. The van der Waals surface area contributed by atoms with Crippen molar-refractivity contribution in [2.45, 2.75) is 18.9 Å². The van der Waals surface area contributed by atoms with Crippen molar-refractivity contribution in [2.75, 3.05) is 25.5 Å². The van der Waals surface area contributed by atoms with Crippen LogP contribution < -0.4 is 10.6 Å². The first kappa shape index (κ1) is 16.5. The minimum Gasteiger partial charge on any atom is -0.465 e. The van der Waals surface area contributed by atoms with Crippen LogP contribution in [0.5, 0.6) is 0 Å². The average Bonchev–Trinajstić information content (AvgIpc) is 2.53. The summed E-state index contributed by atoms with van der Waals surface area (Å²) in [5.74, 6) is -0.340. The summed E-state index contributed by atoms with van der Waals surface area (Å²) >= 11 is 0. The Morgan fingerprint density at radius 1 is 1.43 bits per heavy atom. The predicted octanol–water partition coefficient (Wildman–Crippen LogP) is 1.51. The number of likely N-dealkylation sites (tertiary alicyclic amines) is 1. The zero-order valence-corrected chi connectivity index (χ0v) is 12.6. The molecule has 9 nitrogen and oxygen atoms in total. The normalized spacial score (nSPS) is 17.4. The molecule has 1 aliphatic rings. The van der Waals surface area contributed by atoms with Crippen LogP contribution in [0.1, 0.15) is 23.2 Å². The monoisotopic (exact) mass is 322 g/mol. The van der Waals surface area contributed by atoms with E-state index in [9.17, 15) is 19.7 Å². The molecule has 0 bridgehead atoms. The smallest absolute Gasteiger partial charge is 0.404 e. The molecule has 1 aliphatic heterocycles. The highest BCUT2D eigenvalue weighted by Crippen LogP contribution is 2.26. The maximum absolute atomic E-state index is 12.5. The molecule has 0 saturated carbocycles. The summed E-state index contributed by atoms with van der Waals surface area (Å²) in [6, 6.07) is 3.93. The molecule has 1 heterocycles. The van der Waals surface area contributed by atoms with Crippen molar-refractivity contribution in [1.82, 2.24) is 10.2 Å². The third-order valence-corrected chi connectivity index (χ3v) is 3.75. The summed E-state index contributed by atoms with van der Waals surface area (Å²) in [5.41, 5.74) is 0.373. The molecule has 3 N–H and O–H groups in total. The van der Waals surface area contributed by atoms with Gasteiger partial charge in [-0.3, -0.25) is 14.9 Å². The Hall–Kier alpha value is -2.84. The van der Waals surface area contributed by atoms with Crippen LogP contribution >= 0.6 is 0 Å². The fourth-order valence-corrected chi connectivity index (χ4v) is 2.66. The molecule has 1 fully saturated rings. The van der Waals surface area contributed by atoms with Crippen molar-refractivity contribution >= 4 is 23.4 Å². The van der Waals surface area contributed by atoms with Gasteiger partial charge in [-0.05, 0) is 25.0 Å². The van der Waals surface area contributed by atoms with Crippen molar-refractivity contribution < 1.29 is 19.6 Å². The Kier molecular flexibility index (Phi) is 4.99. The topological polar surface area (TPSA) is 125 Å². The highest BCUT2D eigenvalue weighted by Gasteiger charge is 2.26. The summed E-state index contributed by atoms with van der Waals surface area (Å²) in [6.45, 7) is 0.755. The Morgan fingerprint density at radius 2 is 2.17 bits per heavy atom. The number of rotatable bonds is 4. The minimum absolute atomic E-state index is 0.171. The lowest BCUT2D eigenvalue weighted by atomic mass is 10.0. The van der Waals surface area contributed by atoms with Gasteiger partial charge in [0.05, 0.1) is 4.92 Å². The van der Waals surface area contributed by atoms with Gasteiger partial charge in [0, 0.05) is 37.8 Å². The molecule has 0 spiro atoms. The van der Waals surface area contributed by atoms with Gasteiger partial charge >= 0.3 is 6.09 Å². The standard InChI is InChI=1S/C14H18N4O5/c1-15-11-5-4-9(7-12(11)18(22)23)13(19)17-6-2-3-10(8-17)16-14(20)21/h4-5,7,10,15-16H,2-3,6,8H2,1H3,(H,20,21)/t10-/m1/s1. The van der Waals surface area contributed by atoms with E-state index in [4.69, 9.17) is 5.11 Å². The zero-order valence-electron chi connectivity index (χ0n) is 12.6. The van der Waals surface area contributed by atoms with E-state index in [-0.39, 0.29) is 29.7 Å². The Balaban J connectivity index is 2.18. The van der Waals surface area contributed by atoms with Gasteiger partial charge in [0.2, 0.25) is 0 Å². The lowest BCUT2D eigenvalue weighted by Crippen LogP contribution is -2.49. The van der Waals surface area contributed by atoms with Gasteiger partial charge in [-0.15, -0.1) is 0 Å². The molecule has 9 heteroatoms. The Morgan fingerprint density at radius 3 is 2.78 bits per heavy atom. The fourth-order valence-electron chi connectivity index (χ4n) is 2.66. The predicted molar refractivity (Wildman–Crippen MR) is 82.7 cm³/mol. The van der Waals surface area contributed by atoms with Gasteiger partial charge in [0.15, 0.2) is 0 Å². The fraction of sp³-hybridized carbons (Fsp3) is 0.429. The average molecular weight is 322 g/mol. The molecule has 1 aromatic rings. The van der Waals surface area contributed by atoms with E-state index < -0.39 is 11.0 Å². The van der Waals surface area contributed by atoms with E-state index in [0.29, 0.717) is 25.1 Å². The number of carbonyl (C=O) groups is 2. The first-order valence-electron chi connectivity index (χ1n) is 7.17. The molecule has 1 aromatic carbocycles. The number of nitrogens with one attached hydrogen (secondary N) is 2. The maximum Gasteiger partial charge on any atom is 0.404 e. The molecule has 23 heavy (non-hydrogen) atoms. The van der Waals surface area contributed by atoms with E-state index in [0.717, 1.165) is 0 Å². The van der Waals surface area contributed by atoms with Crippen LogP contribution in [-0.2, 0) is 0 Å². The number of nitrogens with zero attached hydrogens (tertiary/aromatic N) is 2. The van der Waals surface area contributed by atoms with Crippen molar-refractivity contribution in [3.63, 3.8) is 0 Å². The molecule has 0 unspecified atom stereocenters. The van der Waals surface area contributed by atoms with Crippen LogP contribution in [0.2, 0.25) is 0 Å². The van der Waals surface area contributed by atoms with E-state index in [1.807, 2.05) is 0 Å². The lowest BCUT2D eigenvalue weighted by Gasteiger charge is -2.32. The van der Waals surface area contributed by atoms with Gasteiger partial charge in [0.25, 0.3) is 11.6 Å². The van der Waals surface area contributed by atoms with E-state index in [2.05, 4.69) is 10.6 Å². The highest BCUT2D eigenvalue weighted by molar-refractivity contribution is 5.95. The molecule has 0 aromatic heterocycles. The second-order valence-corrected chi connectivity index (χ2v) is 5.28. The van der Waals surface area contributed by atoms with Crippen molar-refractivity contribution in [3.8, 4) is 0 Å².